The zero-order valence-corrected chi connectivity index (χ0v) is 27.0. The molecule has 1 saturated heterocycles. The van der Waals surface area contributed by atoms with Gasteiger partial charge in [-0.2, -0.15) is 39.5 Å². The molecule has 1 aliphatic rings. The van der Waals surface area contributed by atoms with Gasteiger partial charge in [0, 0.05) is 51.7 Å². The second-order valence-electron chi connectivity index (χ2n) is 11.9. The van der Waals surface area contributed by atoms with Gasteiger partial charge in [-0.3, -0.25) is 4.90 Å². The van der Waals surface area contributed by atoms with Crippen molar-refractivity contribution in [2.45, 2.75) is 83.2 Å². The molecular weight excluding hydrogens is 669 g/mol. The summed E-state index contributed by atoms with van der Waals surface area (Å²) in [5.41, 5.74) is 2.25. The molecule has 270 valence electrons. The van der Waals surface area contributed by atoms with Gasteiger partial charge in [0.15, 0.2) is 0 Å². The quantitative estimate of drug-likeness (QED) is 0.0793. The number of nitrogens with two attached hydrogens (primary N) is 2. The molecule has 0 saturated carbocycles. The Kier molecular flexibility index (Phi) is 11.4. The zero-order chi connectivity index (χ0) is 36.3. The number of aryl methyl sites for hydroxylation is 1. The highest BCUT2D eigenvalue weighted by Gasteiger charge is 2.38. The lowest BCUT2D eigenvalue weighted by molar-refractivity contribution is -0.143. The van der Waals surface area contributed by atoms with Crippen LogP contribution in [0, 0.1) is 0 Å². The molecule has 1 aromatic heterocycles. The molecule has 49 heavy (non-hydrogen) atoms. The maximum absolute atomic E-state index is 14.0. The van der Waals surface area contributed by atoms with E-state index in [4.69, 9.17) is 11.6 Å². The summed E-state index contributed by atoms with van der Waals surface area (Å²) in [4.78, 5) is 3.24. The second-order valence-corrected chi connectivity index (χ2v) is 11.9. The van der Waals surface area contributed by atoms with Gasteiger partial charge in [0.25, 0.3) is 0 Å². The van der Waals surface area contributed by atoms with Crippen LogP contribution in [0.15, 0.2) is 47.8 Å². The highest BCUT2D eigenvalue weighted by molar-refractivity contribution is 5.78. The number of hydrogen-bond acceptors (Lipinski definition) is 6. The Labute approximate surface area is 277 Å². The van der Waals surface area contributed by atoms with Crippen molar-refractivity contribution >= 4 is 5.96 Å². The van der Waals surface area contributed by atoms with Crippen LogP contribution in [-0.2, 0) is 38.0 Å². The summed E-state index contributed by atoms with van der Waals surface area (Å²) in [6.07, 6.45) is -10.6. The van der Waals surface area contributed by atoms with Gasteiger partial charge < -0.3 is 15.2 Å². The topological polar surface area (TPSA) is 105 Å². The van der Waals surface area contributed by atoms with E-state index < -0.39 is 59.8 Å². The molecular formula is C31H38F9N9. The van der Waals surface area contributed by atoms with Crippen molar-refractivity contribution in [3.05, 3.63) is 81.9 Å². The molecule has 2 heterocycles. The third-order valence-corrected chi connectivity index (χ3v) is 8.48. The molecule has 0 radical (unpaired) electrons. The van der Waals surface area contributed by atoms with Crippen molar-refractivity contribution in [3.8, 4) is 0 Å². The Morgan fingerprint density at radius 1 is 0.898 bits per heavy atom. The number of alkyl halides is 9. The SMILES string of the molecule is CCc1nncn1C1CCN(C(CC)c2ccc(C(F)(F)F)cc2CN(Cc2cc(C(F)(F)F)cc(C(F)(F)F)c2)/C(N)=N/N(C)N)CC1. The molecule has 1 fully saturated rings. The number of likely N-dealkylation sites (tertiary alicyclic amines) is 1. The van der Waals surface area contributed by atoms with Crippen molar-refractivity contribution in [2.24, 2.45) is 16.7 Å². The first-order valence-corrected chi connectivity index (χ1v) is 15.5. The van der Waals surface area contributed by atoms with Crippen LogP contribution in [0.3, 0.4) is 0 Å². The number of rotatable bonds is 10. The van der Waals surface area contributed by atoms with Gasteiger partial charge in [-0.25, -0.2) is 11.0 Å². The number of aromatic nitrogens is 3. The van der Waals surface area contributed by atoms with E-state index in [0.29, 0.717) is 43.6 Å². The smallest absolute Gasteiger partial charge is 0.368 e. The summed E-state index contributed by atoms with van der Waals surface area (Å²) in [5.74, 6) is 6.01. The Morgan fingerprint density at radius 2 is 1.49 bits per heavy atom. The minimum atomic E-state index is -5.11. The Bertz CT molecular complexity index is 1560. The molecule has 0 amide bonds. The van der Waals surface area contributed by atoms with Gasteiger partial charge in [0.1, 0.15) is 12.2 Å². The molecule has 3 aromatic rings. The molecule has 0 bridgehead atoms. The van der Waals surface area contributed by atoms with Crippen molar-refractivity contribution in [3.63, 3.8) is 0 Å². The first kappa shape index (κ1) is 37.8. The molecule has 4 N–H and O–H groups in total. The van der Waals surface area contributed by atoms with E-state index in [1.165, 1.54) is 13.1 Å². The average molecular weight is 708 g/mol. The highest BCUT2D eigenvalue weighted by Crippen LogP contribution is 2.39. The maximum Gasteiger partial charge on any atom is 0.416 e. The predicted octanol–water partition coefficient (Wildman–Crippen LogP) is 6.72. The van der Waals surface area contributed by atoms with Crippen LogP contribution in [0.1, 0.15) is 84.4 Å². The fraction of sp³-hybridized carbons (Fsp3) is 0.516. The summed E-state index contributed by atoms with van der Waals surface area (Å²) < 4.78 is 126. The number of halogens is 9. The minimum absolute atomic E-state index is 0.00867. The van der Waals surface area contributed by atoms with Crippen molar-refractivity contribution in [1.82, 2.24) is 29.7 Å². The van der Waals surface area contributed by atoms with Crippen molar-refractivity contribution in [1.29, 1.82) is 0 Å². The first-order chi connectivity index (χ1) is 22.8. The molecule has 0 spiro atoms. The molecule has 2 aromatic carbocycles. The summed E-state index contributed by atoms with van der Waals surface area (Å²) in [7, 11) is 1.27. The van der Waals surface area contributed by atoms with Gasteiger partial charge in [-0.15, -0.1) is 15.3 Å². The van der Waals surface area contributed by atoms with Gasteiger partial charge in [-0.05, 0) is 66.3 Å². The molecule has 18 heteroatoms. The van der Waals surface area contributed by atoms with Crippen LogP contribution < -0.4 is 11.6 Å². The molecule has 4 rings (SSSR count). The lowest BCUT2D eigenvalue weighted by Gasteiger charge is -2.39. The van der Waals surface area contributed by atoms with Crippen LogP contribution in [0.2, 0.25) is 0 Å². The number of piperidine rings is 1. The largest absolute Gasteiger partial charge is 0.416 e. The van der Waals surface area contributed by atoms with Gasteiger partial charge in [-0.1, -0.05) is 19.9 Å². The molecule has 1 aliphatic heterocycles. The molecule has 1 unspecified atom stereocenters. The molecule has 9 nitrogen and oxygen atoms in total. The van der Waals surface area contributed by atoms with E-state index in [-0.39, 0.29) is 23.7 Å². The summed E-state index contributed by atoms with van der Waals surface area (Å²) in [6, 6.07) is 4.07. The standard InChI is InChI=1S/C31H38F9N9/c1-4-26(47-10-8-24(9-11-47)49-18-43-44-27(49)5-2)25-7-6-21(29(32,33)34)14-20(25)17-48(28(41)45-46(3)42)16-19-12-22(30(35,36)37)15-23(13-19)31(38,39)40/h6-7,12-15,18,24,26H,4-5,8-11,16-17,42H2,1-3H3,(H2,41,45). The van der Waals surface area contributed by atoms with Crippen molar-refractivity contribution < 1.29 is 39.5 Å². The number of hydrogen-bond donors (Lipinski definition) is 2. The van der Waals surface area contributed by atoms with Gasteiger partial charge in [0.05, 0.1) is 16.7 Å². The van der Waals surface area contributed by atoms with E-state index in [2.05, 4.69) is 20.2 Å². The van der Waals surface area contributed by atoms with Crippen LogP contribution in [0.25, 0.3) is 0 Å². The van der Waals surface area contributed by atoms with Gasteiger partial charge in [0.2, 0.25) is 5.96 Å². The van der Waals surface area contributed by atoms with Crippen LogP contribution >= 0.6 is 0 Å². The monoisotopic (exact) mass is 707 g/mol. The Hall–Kier alpha value is -4.06. The van der Waals surface area contributed by atoms with Crippen LogP contribution in [0.4, 0.5) is 39.5 Å². The van der Waals surface area contributed by atoms with E-state index in [9.17, 15) is 39.5 Å². The number of hydrazine groups is 1. The number of nitrogens with zero attached hydrogens (tertiary/aromatic N) is 7. The highest BCUT2D eigenvalue weighted by atomic mass is 19.4. The third-order valence-electron chi connectivity index (χ3n) is 8.48. The lowest BCUT2D eigenvalue weighted by Crippen LogP contribution is -2.40. The van der Waals surface area contributed by atoms with Crippen LogP contribution in [0.5, 0.6) is 0 Å². The molecule has 1 atom stereocenters. The summed E-state index contributed by atoms with van der Waals surface area (Å²) in [5, 5.41) is 12.8. The van der Waals surface area contributed by atoms with Gasteiger partial charge >= 0.3 is 18.5 Å². The number of benzene rings is 2. The number of hydrazone groups is 1. The lowest BCUT2D eigenvalue weighted by atomic mass is 9.92. The zero-order valence-electron chi connectivity index (χ0n) is 27.0. The first-order valence-electron chi connectivity index (χ1n) is 15.5. The van der Waals surface area contributed by atoms with E-state index in [0.717, 1.165) is 40.8 Å². The second kappa shape index (κ2) is 14.8. The predicted molar refractivity (Wildman–Crippen MR) is 163 cm³/mol. The van der Waals surface area contributed by atoms with Crippen LogP contribution in [-0.4, -0.2) is 55.8 Å². The molecule has 0 aliphatic carbocycles. The van der Waals surface area contributed by atoms with E-state index in [1.54, 1.807) is 6.33 Å². The Balaban J connectivity index is 1.74. The fourth-order valence-corrected chi connectivity index (χ4v) is 6.20. The summed E-state index contributed by atoms with van der Waals surface area (Å²) in [6.45, 7) is 3.95. The average Bonchev–Trinajstić information content (AvgIpc) is 3.49. The minimum Gasteiger partial charge on any atom is -0.368 e. The summed E-state index contributed by atoms with van der Waals surface area (Å²) >= 11 is 0. The fourth-order valence-electron chi connectivity index (χ4n) is 6.20. The number of guanidine groups is 1. The third kappa shape index (κ3) is 9.35. The van der Waals surface area contributed by atoms with E-state index >= 15 is 0 Å². The normalized spacial score (nSPS) is 16.2. The Morgan fingerprint density at radius 3 is 2.00 bits per heavy atom. The van der Waals surface area contributed by atoms with Crippen molar-refractivity contribution in [2.75, 3.05) is 20.1 Å². The van der Waals surface area contributed by atoms with E-state index in [1.807, 2.05) is 18.4 Å². The maximum atomic E-state index is 14.0.